The van der Waals surface area contributed by atoms with Crippen LogP contribution in [0.5, 0.6) is 0 Å². The first-order chi connectivity index (χ1) is 8.52. The first kappa shape index (κ1) is 15.0. The molecule has 1 aromatic rings. The van der Waals surface area contributed by atoms with Crippen LogP contribution in [0, 0.1) is 10.1 Å². The summed E-state index contributed by atoms with van der Waals surface area (Å²) in [6.45, 7) is 1.07. The number of ether oxygens (including phenoxy) is 1. The highest BCUT2D eigenvalue weighted by atomic mass is 79.9. The fraction of sp³-hybridized carbons (Fsp3) is 0.455. The predicted octanol–water partition coefficient (Wildman–Crippen LogP) is 1.45. The highest BCUT2D eigenvalue weighted by Crippen LogP contribution is 2.21. The molecule has 6 nitrogen and oxygen atoms in total. The summed E-state index contributed by atoms with van der Waals surface area (Å²) in [6, 6.07) is 4.74. The number of nitro benzene ring substituents is 1. The van der Waals surface area contributed by atoms with Gasteiger partial charge in [0.05, 0.1) is 17.6 Å². The molecule has 0 aliphatic heterocycles. The van der Waals surface area contributed by atoms with Crippen molar-refractivity contribution >= 4 is 21.6 Å². The number of nitrogens with zero attached hydrogens (tertiary/aromatic N) is 1. The average molecular weight is 319 g/mol. The predicted molar refractivity (Wildman–Crippen MR) is 70.4 cm³/mol. The molecule has 7 heteroatoms. The number of nitrogens with one attached hydrogen (secondary N) is 1. The number of hydrogen-bond acceptors (Lipinski definition) is 5. The van der Waals surface area contributed by atoms with Crippen LogP contribution in [0.15, 0.2) is 22.7 Å². The molecule has 0 aliphatic carbocycles. The van der Waals surface area contributed by atoms with Gasteiger partial charge in [-0.1, -0.05) is 15.9 Å². The largest absolute Gasteiger partial charge is 0.389 e. The molecule has 1 atom stereocenters. The minimum Gasteiger partial charge on any atom is -0.389 e. The van der Waals surface area contributed by atoms with Crippen LogP contribution in [-0.2, 0) is 11.3 Å². The number of halogens is 1. The summed E-state index contributed by atoms with van der Waals surface area (Å²) in [7, 11) is 1.51. The van der Waals surface area contributed by atoms with Gasteiger partial charge < -0.3 is 15.2 Å². The fourth-order valence-electron chi connectivity index (χ4n) is 1.48. The molecule has 1 aromatic carbocycles. The molecule has 2 N–H and O–H groups in total. The van der Waals surface area contributed by atoms with Gasteiger partial charge in [0.15, 0.2) is 0 Å². The zero-order valence-electron chi connectivity index (χ0n) is 9.93. The third-order valence-electron chi connectivity index (χ3n) is 2.22. The third kappa shape index (κ3) is 5.09. The Hall–Kier alpha value is -1.02. The summed E-state index contributed by atoms with van der Waals surface area (Å²) in [6.07, 6.45) is -0.586. The first-order valence-electron chi connectivity index (χ1n) is 5.34. The van der Waals surface area contributed by atoms with Crippen molar-refractivity contribution in [3.8, 4) is 0 Å². The molecule has 0 bridgehead atoms. The van der Waals surface area contributed by atoms with E-state index in [1.165, 1.54) is 19.2 Å². The van der Waals surface area contributed by atoms with Crippen molar-refractivity contribution in [3.63, 3.8) is 0 Å². The lowest BCUT2D eigenvalue weighted by molar-refractivity contribution is -0.385. The van der Waals surface area contributed by atoms with E-state index in [0.717, 1.165) is 5.56 Å². The van der Waals surface area contributed by atoms with Crippen molar-refractivity contribution in [2.75, 3.05) is 20.3 Å². The summed E-state index contributed by atoms with van der Waals surface area (Å²) in [5.41, 5.74) is 0.819. The molecule has 0 radical (unpaired) electrons. The topological polar surface area (TPSA) is 84.6 Å². The summed E-state index contributed by atoms with van der Waals surface area (Å²) in [4.78, 5) is 10.2. The van der Waals surface area contributed by atoms with Gasteiger partial charge in [0.2, 0.25) is 0 Å². The number of hydrogen-bond donors (Lipinski definition) is 2. The Morgan fingerprint density at radius 1 is 1.56 bits per heavy atom. The fourth-order valence-corrected chi connectivity index (χ4v) is 2.00. The van der Waals surface area contributed by atoms with Crippen LogP contribution in [0.4, 0.5) is 5.69 Å². The van der Waals surface area contributed by atoms with E-state index in [1.807, 2.05) is 0 Å². The van der Waals surface area contributed by atoms with Crippen molar-refractivity contribution in [3.05, 3.63) is 38.3 Å². The smallest absolute Gasteiger partial charge is 0.270 e. The Bertz CT molecular complexity index is 414. The van der Waals surface area contributed by atoms with Gasteiger partial charge in [-0.25, -0.2) is 0 Å². The highest BCUT2D eigenvalue weighted by Gasteiger charge is 2.09. The standard InChI is InChI=1S/C11H15BrN2O4/c1-18-7-11(15)6-13-5-8-2-9(12)4-10(3-8)14(16)17/h2-4,11,13,15H,5-7H2,1H3. The molecule has 0 aromatic heterocycles. The monoisotopic (exact) mass is 318 g/mol. The molecule has 0 aliphatic rings. The van der Waals surface area contributed by atoms with Gasteiger partial charge in [0.25, 0.3) is 5.69 Å². The van der Waals surface area contributed by atoms with Crippen LogP contribution in [0.3, 0.4) is 0 Å². The zero-order valence-corrected chi connectivity index (χ0v) is 11.5. The Labute approximate surface area is 113 Å². The van der Waals surface area contributed by atoms with Gasteiger partial charge in [-0.15, -0.1) is 0 Å². The van der Waals surface area contributed by atoms with Crippen LogP contribution < -0.4 is 5.32 Å². The van der Waals surface area contributed by atoms with Crippen molar-refractivity contribution in [2.45, 2.75) is 12.6 Å². The number of benzene rings is 1. The summed E-state index contributed by atoms with van der Waals surface area (Å²) >= 11 is 3.23. The SMILES string of the molecule is COCC(O)CNCc1cc(Br)cc([N+](=O)[O-])c1. The van der Waals surface area contributed by atoms with Crippen molar-refractivity contribution in [1.29, 1.82) is 0 Å². The summed E-state index contributed by atoms with van der Waals surface area (Å²) in [5, 5.41) is 23.1. The van der Waals surface area contributed by atoms with Crippen LogP contribution in [0.25, 0.3) is 0 Å². The van der Waals surface area contributed by atoms with E-state index < -0.39 is 11.0 Å². The number of nitro groups is 1. The average Bonchev–Trinajstić information content (AvgIpc) is 2.28. The van der Waals surface area contributed by atoms with E-state index in [1.54, 1.807) is 6.07 Å². The van der Waals surface area contributed by atoms with Crippen LogP contribution in [-0.4, -0.2) is 36.4 Å². The molecule has 0 saturated heterocycles. The lowest BCUT2D eigenvalue weighted by Gasteiger charge is -2.10. The number of methoxy groups -OCH3 is 1. The van der Waals surface area contributed by atoms with Gasteiger partial charge in [0.1, 0.15) is 0 Å². The van der Waals surface area contributed by atoms with Crippen LogP contribution >= 0.6 is 15.9 Å². The molecular formula is C11H15BrN2O4. The van der Waals surface area contributed by atoms with Gasteiger partial charge >= 0.3 is 0 Å². The quantitative estimate of drug-likeness (QED) is 0.587. The number of rotatable bonds is 7. The van der Waals surface area contributed by atoms with E-state index in [2.05, 4.69) is 21.2 Å². The summed E-state index contributed by atoms with van der Waals surface area (Å²) in [5.74, 6) is 0. The van der Waals surface area contributed by atoms with E-state index in [9.17, 15) is 15.2 Å². The van der Waals surface area contributed by atoms with Gasteiger partial charge in [-0.05, 0) is 11.6 Å². The molecule has 0 fully saturated rings. The first-order valence-corrected chi connectivity index (χ1v) is 6.14. The number of aliphatic hydroxyl groups excluding tert-OH is 1. The van der Waals surface area contributed by atoms with Crippen LogP contribution in [0.1, 0.15) is 5.56 Å². The molecule has 0 spiro atoms. The molecule has 1 unspecified atom stereocenters. The number of non-ortho nitro benzene ring substituents is 1. The van der Waals surface area contributed by atoms with Gasteiger partial charge in [-0.2, -0.15) is 0 Å². The normalized spacial score (nSPS) is 12.4. The molecule has 0 heterocycles. The second-order valence-corrected chi connectivity index (χ2v) is 4.73. The zero-order chi connectivity index (χ0) is 13.5. The maximum Gasteiger partial charge on any atom is 0.270 e. The molecule has 0 amide bonds. The molecule has 18 heavy (non-hydrogen) atoms. The molecule has 100 valence electrons. The van der Waals surface area contributed by atoms with Crippen molar-refractivity contribution < 1.29 is 14.8 Å². The maximum absolute atomic E-state index is 10.7. The van der Waals surface area contributed by atoms with Gasteiger partial charge in [0, 0.05) is 36.8 Å². The number of aliphatic hydroxyl groups is 1. The Morgan fingerprint density at radius 2 is 2.28 bits per heavy atom. The van der Waals surface area contributed by atoms with Crippen molar-refractivity contribution in [1.82, 2.24) is 5.32 Å². The minimum absolute atomic E-state index is 0.0404. The van der Waals surface area contributed by atoms with E-state index in [0.29, 0.717) is 17.6 Å². The van der Waals surface area contributed by atoms with E-state index in [4.69, 9.17) is 4.74 Å². The van der Waals surface area contributed by atoms with E-state index >= 15 is 0 Å². The Morgan fingerprint density at radius 3 is 2.89 bits per heavy atom. The third-order valence-corrected chi connectivity index (χ3v) is 2.68. The lowest BCUT2D eigenvalue weighted by atomic mass is 10.2. The summed E-state index contributed by atoms with van der Waals surface area (Å²) < 4.78 is 5.45. The molecule has 0 saturated carbocycles. The van der Waals surface area contributed by atoms with E-state index in [-0.39, 0.29) is 12.3 Å². The minimum atomic E-state index is -0.586. The lowest BCUT2D eigenvalue weighted by Crippen LogP contribution is -2.29. The second kappa shape index (κ2) is 7.42. The Kier molecular flexibility index (Phi) is 6.20. The molecular weight excluding hydrogens is 304 g/mol. The van der Waals surface area contributed by atoms with Crippen molar-refractivity contribution in [2.24, 2.45) is 0 Å². The second-order valence-electron chi connectivity index (χ2n) is 3.81. The Balaban J connectivity index is 2.54. The highest BCUT2D eigenvalue weighted by molar-refractivity contribution is 9.10. The van der Waals surface area contributed by atoms with Crippen LogP contribution in [0.2, 0.25) is 0 Å². The van der Waals surface area contributed by atoms with Gasteiger partial charge in [-0.3, -0.25) is 10.1 Å². The molecule has 1 rings (SSSR count). The maximum atomic E-state index is 10.7.